The fourth-order valence-corrected chi connectivity index (χ4v) is 2.41. The minimum atomic E-state index is -0.539. The maximum atomic E-state index is 9.55. The predicted molar refractivity (Wildman–Crippen MR) is 82.3 cm³/mol. The topological polar surface area (TPSA) is 50.7 Å². The van der Waals surface area contributed by atoms with Gasteiger partial charge in [0.25, 0.3) is 0 Å². The molecule has 0 radical (unpaired) electrons. The van der Waals surface area contributed by atoms with Crippen LogP contribution in [0.15, 0.2) is 16.6 Å². The normalized spacial score (nSPS) is 17.6. The Kier molecular flexibility index (Phi) is 5.29. The zero-order chi connectivity index (χ0) is 14.7. The number of hydrogen-bond acceptors (Lipinski definition) is 4. The van der Waals surface area contributed by atoms with Gasteiger partial charge in [0.15, 0.2) is 11.5 Å². The number of methoxy groups -OCH3 is 1. The summed E-state index contributed by atoms with van der Waals surface area (Å²) in [5.41, 5.74) is 1.15. The summed E-state index contributed by atoms with van der Waals surface area (Å²) in [5.74, 6) is 1.32. The first-order valence-electron chi connectivity index (χ1n) is 6.95. The second-order valence-electron chi connectivity index (χ2n) is 5.33. The van der Waals surface area contributed by atoms with Crippen LogP contribution in [0, 0.1) is 0 Å². The summed E-state index contributed by atoms with van der Waals surface area (Å²) in [6, 6.07) is 4.68. The van der Waals surface area contributed by atoms with Crippen molar-refractivity contribution in [3.05, 3.63) is 22.2 Å². The predicted octanol–water partition coefficient (Wildman–Crippen LogP) is 2.86. The number of benzene rings is 1. The number of aliphatic hydroxyl groups is 1. The van der Waals surface area contributed by atoms with Crippen molar-refractivity contribution in [2.45, 2.75) is 51.5 Å². The van der Waals surface area contributed by atoms with E-state index in [4.69, 9.17) is 9.47 Å². The van der Waals surface area contributed by atoms with Crippen molar-refractivity contribution in [1.29, 1.82) is 0 Å². The molecule has 1 aromatic carbocycles. The fraction of sp³-hybridized carbons (Fsp3) is 0.600. The first kappa shape index (κ1) is 15.6. The van der Waals surface area contributed by atoms with Crippen LogP contribution in [-0.4, -0.2) is 30.5 Å². The van der Waals surface area contributed by atoms with Gasteiger partial charge in [-0.05, 0) is 60.3 Å². The van der Waals surface area contributed by atoms with Crippen LogP contribution < -0.4 is 14.8 Å². The molecule has 2 atom stereocenters. The van der Waals surface area contributed by atoms with Gasteiger partial charge in [-0.3, -0.25) is 0 Å². The number of aliphatic hydroxyl groups excluding tert-OH is 1. The highest BCUT2D eigenvalue weighted by Crippen LogP contribution is 2.37. The molecule has 2 N–H and O–H groups in total. The highest BCUT2D eigenvalue weighted by molar-refractivity contribution is 9.10. The van der Waals surface area contributed by atoms with E-state index in [9.17, 15) is 5.11 Å². The summed E-state index contributed by atoms with van der Waals surface area (Å²) in [6.07, 6.45) is 1.70. The maximum absolute atomic E-state index is 9.55. The molecular formula is C15H22BrNO3. The molecule has 0 aromatic heterocycles. The molecule has 5 heteroatoms. The molecule has 112 valence electrons. The summed E-state index contributed by atoms with van der Waals surface area (Å²) in [4.78, 5) is 0. The summed E-state index contributed by atoms with van der Waals surface area (Å²) >= 11 is 3.52. The van der Waals surface area contributed by atoms with Gasteiger partial charge in [0.05, 0.1) is 17.7 Å². The maximum Gasteiger partial charge on any atom is 0.175 e. The zero-order valence-electron chi connectivity index (χ0n) is 12.1. The molecule has 0 bridgehead atoms. The van der Waals surface area contributed by atoms with Crippen molar-refractivity contribution in [2.24, 2.45) is 0 Å². The van der Waals surface area contributed by atoms with Gasteiger partial charge in [-0.1, -0.05) is 0 Å². The van der Waals surface area contributed by atoms with Crippen molar-refractivity contribution in [3.63, 3.8) is 0 Å². The fourth-order valence-electron chi connectivity index (χ4n) is 1.82. The Bertz CT molecular complexity index is 461. The average Bonchev–Trinajstić information content (AvgIpc) is 3.22. The first-order chi connectivity index (χ1) is 9.51. The SMILES string of the molecule is COc1cc(CNC2CC2)cc(Br)c1OC(C)C(C)O. The van der Waals surface area contributed by atoms with Gasteiger partial charge in [-0.2, -0.15) is 0 Å². The molecule has 0 saturated heterocycles. The highest BCUT2D eigenvalue weighted by atomic mass is 79.9. The van der Waals surface area contributed by atoms with Crippen molar-refractivity contribution < 1.29 is 14.6 Å². The van der Waals surface area contributed by atoms with Crippen LogP contribution in [0.5, 0.6) is 11.5 Å². The summed E-state index contributed by atoms with van der Waals surface area (Å²) in [6.45, 7) is 4.37. The van der Waals surface area contributed by atoms with Gasteiger partial charge >= 0.3 is 0 Å². The van der Waals surface area contributed by atoms with Crippen LogP contribution in [-0.2, 0) is 6.54 Å². The largest absolute Gasteiger partial charge is 0.493 e. The molecule has 20 heavy (non-hydrogen) atoms. The van der Waals surface area contributed by atoms with Crippen LogP contribution in [0.1, 0.15) is 32.3 Å². The molecule has 0 heterocycles. The summed E-state index contributed by atoms with van der Waals surface area (Å²) < 4.78 is 12.0. The molecule has 2 unspecified atom stereocenters. The number of rotatable bonds is 7. The standard InChI is InChI=1S/C15H22BrNO3/c1-9(18)10(2)20-15-13(16)6-11(7-14(15)19-3)8-17-12-4-5-12/h6-7,9-10,12,17-18H,4-5,8H2,1-3H3. The minimum absolute atomic E-state index is 0.296. The zero-order valence-corrected chi connectivity index (χ0v) is 13.7. The molecule has 1 aliphatic carbocycles. The van der Waals surface area contributed by atoms with Crippen molar-refractivity contribution in [1.82, 2.24) is 5.32 Å². The molecule has 1 aliphatic rings. The molecule has 1 aromatic rings. The van der Waals surface area contributed by atoms with E-state index >= 15 is 0 Å². The lowest BCUT2D eigenvalue weighted by Crippen LogP contribution is -2.26. The molecule has 4 nitrogen and oxygen atoms in total. The van der Waals surface area contributed by atoms with E-state index in [-0.39, 0.29) is 6.10 Å². The average molecular weight is 344 g/mol. The third-order valence-corrected chi connectivity index (χ3v) is 4.03. The molecule has 2 rings (SSSR count). The van der Waals surface area contributed by atoms with Crippen molar-refractivity contribution in [2.75, 3.05) is 7.11 Å². The number of hydrogen-bond donors (Lipinski definition) is 2. The highest BCUT2D eigenvalue weighted by Gasteiger charge is 2.21. The van der Waals surface area contributed by atoms with E-state index in [2.05, 4.69) is 21.2 Å². The molecule has 0 amide bonds. The second-order valence-corrected chi connectivity index (χ2v) is 6.18. The van der Waals surface area contributed by atoms with Crippen molar-refractivity contribution >= 4 is 15.9 Å². The van der Waals surface area contributed by atoms with E-state index in [0.29, 0.717) is 17.5 Å². The van der Waals surface area contributed by atoms with E-state index < -0.39 is 6.10 Å². The smallest absolute Gasteiger partial charge is 0.175 e. The van der Waals surface area contributed by atoms with Crippen LogP contribution in [0.25, 0.3) is 0 Å². The minimum Gasteiger partial charge on any atom is -0.493 e. The van der Waals surface area contributed by atoms with Crippen molar-refractivity contribution in [3.8, 4) is 11.5 Å². The quantitative estimate of drug-likeness (QED) is 0.799. The van der Waals surface area contributed by atoms with Crippen LogP contribution in [0.3, 0.4) is 0 Å². The van der Waals surface area contributed by atoms with Gasteiger partial charge < -0.3 is 19.9 Å². The Hall–Kier alpha value is -0.780. The Morgan fingerprint density at radius 3 is 2.65 bits per heavy atom. The first-order valence-corrected chi connectivity index (χ1v) is 7.75. The molecular weight excluding hydrogens is 322 g/mol. The van der Waals surface area contributed by atoms with Gasteiger partial charge in [-0.25, -0.2) is 0 Å². The van der Waals surface area contributed by atoms with Crippen LogP contribution >= 0.6 is 15.9 Å². The monoisotopic (exact) mass is 343 g/mol. The molecule has 1 saturated carbocycles. The van der Waals surface area contributed by atoms with Crippen LogP contribution in [0.2, 0.25) is 0 Å². The lowest BCUT2D eigenvalue weighted by molar-refractivity contribution is 0.0581. The third-order valence-electron chi connectivity index (χ3n) is 3.44. The Balaban J connectivity index is 2.13. The summed E-state index contributed by atoms with van der Waals surface area (Å²) in [5, 5.41) is 13.0. The number of nitrogens with one attached hydrogen (secondary N) is 1. The van der Waals surface area contributed by atoms with E-state index in [1.54, 1.807) is 14.0 Å². The van der Waals surface area contributed by atoms with E-state index in [1.165, 1.54) is 12.8 Å². The van der Waals surface area contributed by atoms with Crippen LogP contribution in [0.4, 0.5) is 0 Å². The van der Waals surface area contributed by atoms with E-state index in [1.807, 2.05) is 19.1 Å². The number of halogens is 1. The Morgan fingerprint density at radius 1 is 1.40 bits per heavy atom. The van der Waals surface area contributed by atoms with Gasteiger partial charge in [0, 0.05) is 12.6 Å². The third kappa shape index (κ3) is 4.11. The lowest BCUT2D eigenvalue weighted by Gasteiger charge is -2.21. The Labute approximate surface area is 128 Å². The molecule has 0 spiro atoms. The van der Waals surface area contributed by atoms with Gasteiger partial charge in [0.1, 0.15) is 6.10 Å². The lowest BCUT2D eigenvalue weighted by atomic mass is 10.2. The van der Waals surface area contributed by atoms with Gasteiger partial charge in [-0.15, -0.1) is 0 Å². The summed E-state index contributed by atoms with van der Waals surface area (Å²) in [7, 11) is 1.62. The van der Waals surface area contributed by atoms with E-state index in [0.717, 1.165) is 16.6 Å². The number of ether oxygens (including phenoxy) is 2. The molecule has 1 fully saturated rings. The van der Waals surface area contributed by atoms with Gasteiger partial charge in [0.2, 0.25) is 0 Å². The molecule has 0 aliphatic heterocycles. The second kappa shape index (κ2) is 6.78. The Morgan fingerprint density at radius 2 is 2.10 bits per heavy atom.